The molecule has 0 unspecified atom stereocenters. The van der Waals surface area contributed by atoms with Gasteiger partial charge in [-0.05, 0) is 76.2 Å². The minimum absolute atomic E-state index is 0.0529. The summed E-state index contributed by atoms with van der Waals surface area (Å²) in [7, 11) is 1.70. The van der Waals surface area contributed by atoms with Gasteiger partial charge >= 0.3 is 5.97 Å². The summed E-state index contributed by atoms with van der Waals surface area (Å²) < 4.78 is 5.13. The molecule has 7 nitrogen and oxygen atoms in total. The van der Waals surface area contributed by atoms with Gasteiger partial charge in [-0.15, -0.1) is 0 Å². The van der Waals surface area contributed by atoms with Crippen LogP contribution in [0.4, 0.5) is 11.4 Å². The molecule has 2 rings (SSSR count). The molecular formula is C23H29N3O4. The molecule has 0 atom stereocenters. The highest BCUT2D eigenvalue weighted by molar-refractivity contribution is 5.95. The molecule has 0 spiro atoms. The zero-order chi connectivity index (χ0) is 22.3. The lowest BCUT2D eigenvalue weighted by Gasteiger charge is -2.17. The van der Waals surface area contributed by atoms with Gasteiger partial charge in [0.1, 0.15) is 0 Å². The van der Waals surface area contributed by atoms with Crippen LogP contribution in [0, 0.1) is 13.8 Å². The number of carbonyl (C=O) groups excluding carboxylic acids is 3. The van der Waals surface area contributed by atoms with Crippen LogP contribution in [0.5, 0.6) is 0 Å². The number of rotatable bonds is 8. The molecular weight excluding hydrogens is 382 g/mol. The predicted octanol–water partition coefficient (Wildman–Crippen LogP) is 3.38. The van der Waals surface area contributed by atoms with E-state index in [0.717, 1.165) is 16.8 Å². The van der Waals surface area contributed by atoms with E-state index in [4.69, 9.17) is 4.74 Å². The lowest BCUT2D eigenvalue weighted by molar-refractivity contribution is -0.119. The maximum Gasteiger partial charge on any atom is 0.338 e. The van der Waals surface area contributed by atoms with Crippen LogP contribution in [-0.2, 0) is 14.3 Å². The lowest BCUT2D eigenvalue weighted by atomic mass is 10.1. The molecule has 2 aromatic carbocycles. The van der Waals surface area contributed by atoms with Crippen molar-refractivity contribution in [2.75, 3.05) is 30.8 Å². The van der Waals surface area contributed by atoms with E-state index >= 15 is 0 Å². The zero-order valence-corrected chi connectivity index (χ0v) is 18.1. The number of esters is 1. The van der Waals surface area contributed by atoms with Crippen LogP contribution in [0.1, 0.15) is 35.3 Å². The molecule has 0 aliphatic carbocycles. The Balaban J connectivity index is 1.83. The van der Waals surface area contributed by atoms with E-state index in [1.807, 2.05) is 32.0 Å². The normalized spacial score (nSPS) is 10.8. The van der Waals surface area contributed by atoms with Crippen LogP contribution in [0.15, 0.2) is 42.5 Å². The molecule has 30 heavy (non-hydrogen) atoms. The van der Waals surface area contributed by atoms with Crippen LogP contribution in [0.25, 0.3) is 0 Å². The quantitative estimate of drug-likeness (QED) is 0.650. The second-order valence-electron chi connectivity index (χ2n) is 7.55. The Morgan fingerprint density at radius 3 is 2.13 bits per heavy atom. The molecule has 0 saturated heterocycles. The molecule has 2 N–H and O–H groups in total. The highest BCUT2D eigenvalue weighted by Crippen LogP contribution is 2.17. The monoisotopic (exact) mass is 411 g/mol. The maximum atomic E-state index is 12.3. The van der Waals surface area contributed by atoms with Crippen LogP contribution >= 0.6 is 0 Å². The van der Waals surface area contributed by atoms with Crippen molar-refractivity contribution in [3.05, 3.63) is 59.2 Å². The molecule has 2 amide bonds. The Bertz CT molecular complexity index is 907. The van der Waals surface area contributed by atoms with E-state index in [0.29, 0.717) is 11.3 Å². The molecule has 2 aromatic rings. The summed E-state index contributed by atoms with van der Waals surface area (Å²) in [6, 6.07) is 12.2. The van der Waals surface area contributed by atoms with Crippen LogP contribution < -0.4 is 10.6 Å². The molecule has 160 valence electrons. The minimum Gasteiger partial charge on any atom is -0.459 e. The van der Waals surface area contributed by atoms with Gasteiger partial charge in [0, 0.05) is 11.4 Å². The van der Waals surface area contributed by atoms with E-state index in [1.54, 1.807) is 50.1 Å². The van der Waals surface area contributed by atoms with Gasteiger partial charge in [-0.3, -0.25) is 14.5 Å². The van der Waals surface area contributed by atoms with Crippen LogP contribution in [0.2, 0.25) is 0 Å². The van der Waals surface area contributed by atoms with Crippen molar-refractivity contribution >= 4 is 29.2 Å². The summed E-state index contributed by atoms with van der Waals surface area (Å²) in [6.07, 6.45) is -0.195. The lowest BCUT2D eigenvalue weighted by Crippen LogP contribution is -2.36. The minimum atomic E-state index is -0.405. The number of amides is 2. The van der Waals surface area contributed by atoms with E-state index in [9.17, 15) is 14.4 Å². The molecule has 0 radical (unpaired) electrons. The van der Waals surface area contributed by atoms with Crippen molar-refractivity contribution in [3.63, 3.8) is 0 Å². The Morgan fingerprint density at radius 1 is 0.933 bits per heavy atom. The number of hydrogen-bond acceptors (Lipinski definition) is 5. The Morgan fingerprint density at radius 2 is 1.53 bits per heavy atom. The molecule has 0 fully saturated rings. The standard InChI is InChI=1S/C23H29N3O4/c1-15(2)30-23(29)18-9-11-19(12-10-18)24-21(27)13-26(5)14-22(28)25-20-8-6-7-16(3)17(20)4/h6-12,15H,13-14H2,1-5H3,(H,24,27)(H,25,28). The van der Waals surface area contributed by atoms with Gasteiger partial charge in [0.05, 0.1) is 24.8 Å². The second kappa shape index (κ2) is 10.5. The number of hydrogen-bond donors (Lipinski definition) is 2. The van der Waals surface area contributed by atoms with Gasteiger partial charge < -0.3 is 15.4 Å². The highest BCUT2D eigenvalue weighted by atomic mass is 16.5. The van der Waals surface area contributed by atoms with Gasteiger partial charge in [-0.1, -0.05) is 12.1 Å². The smallest absolute Gasteiger partial charge is 0.338 e. The Hall–Kier alpha value is -3.19. The van der Waals surface area contributed by atoms with E-state index < -0.39 is 5.97 Å². The van der Waals surface area contributed by atoms with E-state index in [-0.39, 0.29) is 31.0 Å². The summed E-state index contributed by atoms with van der Waals surface area (Å²) >= 11 is 0. The van der Waals surface area contributed by atoms with Crippen molar-refractivity contribution in [3.8, 4) is 0 Å². The average molecular weight is 412 g/mol. The molecule has 0 aliphatic heterocycles. The highest BCUT2D eigenvalue weighted by Gasteiger charge is 2.13. The molecule has 0 heterocycles. The van der Waals surface area contributed by atoms with E-state index in [1.165, 1.54) is 0 Å². The van der Waals surface area contributed by atoms with Crippen molar-refractivity contribution in [1.82, 2.24) is 4.90 Å². The van der Waals surface area contributed by atoms with Crippen molar-refractivity contribution < 1.29 is 19.1 Å². The predicted molar refractivity (Wildman–Crippen MR) is 118 cm³/mol. The first-order chi connectivity index (χ1) is 14.2. The van der Waals surface area contributed by atoms with Crippen molar-refractivity contribution in [1.29, 1.82) is 0 Å². The fourth-order valence-electron chi connectivity index (χ4n) is 2.79. The largest absolute Gasteiger partial charge is 0.459 e. The first-order valence-corrected chi connectivity index (χ1v) is 9.81. The topological polar surface area (TPSA) is 87.7 Å². The molecule has 0 bridgehead atoms. The third-order valence-corrected chi connectivity index (χ3v) is 4.45. The maximum absolute atomic E-state index is 12.3. The molecule has 0 aromatic heterocycles. The third kappa shape index (κ3) is 7.00. The number of nitrogens with zero attached hydrogens (tertiary/aromatic N) is 1. The number of aryl methyl sites for hydroxylation is 1. The van der Waals surface area contributed by atoms with Crippen molar-refractivity contribution in [2.24, 2.45) is 0 Å². The summed E-state index contributed by atoms with van der Waals surface area (Å²) in [6.45, 7) is 7.64. The number of ether oxygens (including phenoxy) is 1. The molecule has 0 aliphatic rings. The Labute approximate surface area is 177 Å². The SMILES string of the molecule is Cc1cccc(NC(=O)CN(C)CC(=O)Nc2ccc(C(=O)OC(C)C)cc2)c1C. The molecule has 7 heteroatoms. The van der Waals surface area contributed by atoms with Crippen LogP contribution in [0.3, 0.4) is 0 Å². The number of carbonyl (C=O) groups is 3. The number of likely N-dealkylation sites (N-methyl/N-ethyl adjacent to an activating group) is 1. The zero-order valence-electron chi connectivity index (χ0n) is 18.1. The summed E-state index contributed by atoms with van der Waals surface area (Å²) in [5.74, 6) is -0.848. The summed E-state index contributed by atoms with van der Waals surface area (Å²) in [4.78, 5) is 38.0. The summed E-state index contributed by atoms with van der Waals surface area (Å²) in [5, 5.41) is 5.63. The van der Waals surface area contributed by atoms with Gasteiger partial charge in [0.2, 0.25) is 11.8 Å². The van der Waals surface area contributed by atoms with Gasteiger partial charge in [-0.2, -0.15) is 0 Å². The van der Waals surface area contributed by atoms with Gasteiger partial charge in [0.15, 0.2) is 0 Å². The van der Waals surface area contributed by atoms with Crippen LogP contribution in [-0.4, -0.2) is 48.9 Å². The number of anilines is 2. The first kappa shape index (κ1) is 23.1. The average Bonchev–Trinajstić information content (AvgIpc) is 2.65. The second-order valence-corrected chi connectivity index (χ2v) is 7.55. The van der Waals surface area contributed by atoms with Gasteiger partial charge in [0.25, 0.3) is 0 Å². The number of nitrogens with one attached hydrogen (secondary N) is 2. The number of benzene rings is 2. The van der Waals surface area contributed by atoms with Crippen molar-refractivity contribution in [2.45, 2.75) is 33.8 Å². The molecule has 0 saturated carbocycles. The fraction of sp³-hybridized carbons (Fsp3) is 0.348. The first-order valence-electron chi connectivity index (χ1n) is 9.81. The van der Waals surface area contributed by atoms with E-state index in [2.05, 4.69) is 10.6 Å². The Kier molecular flexibility index (Phi) is 8.12. The third-order valence-electron chi connectivity index (χ3n) is 4.45. The fourth-order valence-corrected chi connectivity index (χ4v) is 2.79. The van der Waals surface area contributed by atoms with Gasteiger partial charge in [-0.25, -0.2) is 4.79 Å². The summed E-state index contributed by atoms with van der Waals surface area (Å²) in [5.41, 5.74) is 3.88.